The topological polar surface area (TPSA) is 81.4 Å². The zero-order valence-corrected chi connectivity index (χ0v) is 13.9. The Kier molecular flexibility index (Phi) is 5.33. The van der Waals surface area contributed by atoms with Gasteiger partial charge in [0.15, 0.2) is 0 Å². The van der Waals surface area contributed by atoms with Crippen LogP contribution in [0.3, 0.4) is 0 Å². The summed E-state index contributed by atoms with van der Waals surface area (Å²) < 4.78 is 1.62. The largest absolute Gasteiger partial charge is 0.437 e. The molecule has 2 rings (SSSR count). The Bertz CT molecular complexity index is 675. The Labute approximate surface area is 139 Å². The van der Waals surface area contributed by atoms with E-state index in [0.717, 1.165) is 0 Å². The Morgan fingerprint density at radius 3 is 2.61 bits per heavy atom. The molecule has 8 heteroatoms. The molecule has 0 unspecified atom stereocenters. The zero-order chi connectivity index (χ0) is 16.9. The van der Waals surface area contributed by atoms with Gasteiger partial charge in [-0.25, -0.2) is 14.5 Å². The number of nitrogens with zero attached hydrogens (tertiary/aromatic N) is 4. The maximum Gasteiger partial charge on any atom is 0.437 e. The summed E-state index contributed by atoms with van der Waals surface area (Å²) in [5.41, 5.74) is 0.949. The van der Waals surface area contributed by atoms with Crippen LogP contribution >= 0.6 is 11.6 Å². The number of anilines is 1. The molecule has 122 valence electrons. The van der Waals surface area contributed by atoms with Gasteiger partial charge in [0.2, 0.25) is 0 Å². The summed E-state index contributed by atoms with van der Waals surface area (Å²) in [7, 11) is 0. The van der Waals surface area contributed by atoms with Crippen LogP contribution in [0.2, 0.25) is 5.02 Å². The molecule has 1 heterocycles. The highest BCUT2D eigenvalue weighted by atomic mass is 35.5. The van der Waals surface area contributed by atoms with E-state index in [-0.39, 0.29) is 5.41 Å². The second kappa shape index (κ2) is 7.23. The van der Waals surface area contributed by atoms with Gasteiger partial charge in [0.25, 0.3) is 0 Å². The molecule has 0 radical (unpaired) electrons. The van der Waals surface area contributed by atoms with E-state index in [2.05, 4.69) is 20.6 Å². The molecule has 0 fully saturated rings. The van der Waals surface area contributed by atoms with Crippen molar-refractivity contribution in [3.63, 3.8) is 0 Å². The minimum Gasteiger partial charge on any atom is -0.298 e. The van der Waals surface area contributed by atoms with Gasteiger partial charge in [0.1, 0.15) is 12.7 Å². The minimum absolute atomic E-state index is 0.285. The van der Waals surface area contributed by atoms with Crippen molar-refractivity contribution in [3.8, 4) is 0 Å². The summed E-state index contributed by atoms with van der Waals surface area (Å²) in [6.45, 7) is 6.31. The van der Waals surface area contributed by atoms with E-state index < -0.39 is 6.09 Å². The molecule has 0 saturated carbocycles. The predicted molar refractivity (Wildman–Crippen MR) is 88.5 cm³/mol. The van der Waals surface area contributed by atoms with Crippen molar-refractivity contribution < 1.29 is 9.63 Å². The summed E-state index contributed by atoms with van der Waals surface area (Å²) >= 11 is 5.79. The number of carbonyl (C=O) groups is 1. The predicted octanol–water partition coefficient (Wildman–Crippen LogP) is 3.58. The third kappa shape index (κ3) is 5.37. The molecule has 0 aliphatic rings. The SMILES string of the molecule is CC(C)(C)/C(Cn1cncn1)=N/OC(=O)Nc1ccc(Cl)cc1. The first-order valence-electron chi connectivity index (χ1n) is 6.98. The second-order valence-corrected chi connectivity index (χ2v) is 6.33. The van der Waals surface area contributed by atoms with Crippen molar-refractivity contribution in [3.05, 3.63) is 41.9 Å². The number of amides is 1. The maximum atomic E-state index is 11.8. The lowest BCUT2D eigenvalue weighted by Gasteiger charge is -2.20. The molecule has 0 bridgehead atoms. The molecule has 0 aliphatic carbocycles. The van der Waals surface area contributed by atoms with Crippen molar-refractivity contribution in [1.82, 2.24) is 14.8 Å². The quantitative estimate of drug-likeness (QED) is 0.526. The standard InChI is InChI=1S/C15H18ClN5O2/c1-15(2,3)13(8-21-10-17-9-18-21)20-23-14(22)19-12-6-4-11(16)5-7-12/h4-7,9-10H,8H2,1-3H3,(H,19,22)/b20-13+. The van der Waals surface area contributed by atoms with Crippen molar-refractivity contribution in [2.45, 2.75) is 27.3 Å². The average molecular weight is 336 g/mol. The molecule has 0 saturated heterocycles. The highest BCUT2D eigenvalue weighted by Crippen LogP contribution is 2.18. The molecule has 1 aromatic carbocycles. The van der Waals surface area contributed by atoms with Crippen LogP contribution in [0, 0.1) is 5.41 Å². The third-order valence-electron chi connectivity index (χ3n) is 2.97. The number of nitrogens with one attached hydrogen (secondary N) is 1. The van der Waals surface area contributed by atoms with E-state index >= 15 is 0 Å². The van der Waals surface area contributed by atoms with Crippen LogP contribution in [0.4, 0.5) is 10.5 Å². The van der Waals surface area contributed by atoms with Gasteiger partial charge in [-0.15, -0.1) is 0 Å². The average Bonchev–Trinajstić information content (AvgIpc) is 2.98. The van der Waals surface area contributed by atoms with Crippen LogP contribution in [-0.4, -0.2) is 26.6 Å². The van der Waals surface area contributed by atoms with E-state index in [1.165, 1.54) is 6.33 Å². The molecule has 1 N–H and O–H groups in total. The van der Waals surface area contributed by atoms with E-state index in [1.54, 1.807) is 35.3 Å². The molecule has 0 aliphatic heterocycles. The van der Waals surface area contributed by atoms with Gasteiger partial charge in [-0.05, 0) is 24.3 Å². The van der Waals surface area contributed by atoms with Gasteiger partial charge in [-0.1, -0.05) is 37.5 Å². The molecule has 7 nitrogen and oxygen atoms in total. The Morgan fingerprint density at radius 1 is 1.35 bits per heavy atom. The van der Waals surface area contributed by atoms with Gasteiger partial charge in [-0.2, -0.15) is 5.10 Å². The highest BCUT2D eigenvalue weighted by Gasteiger charge is 2.21. The molecular weight excluding hydrogens is 318 g/mol. The number of rotatable bonds is 4. The number of hydrogen-bond donors (Lipinski definition) is 1. The fraction of sp³-hybridized carbons (Fsp3) is 0.333. The normalized spacial score (nSPS) is 12.1. The molecule has 2 aromatic rings. The first-order chi connectivity index (χ1) is 10.8. The number of aromatic nitrogens is 3. The van der Waals surface area contributed by atoms with Gasteiger partial charge in [0, 0.05) is 16.1 Å². The summed E-state index contributed by atoms with van der Waals surface area (Å²) in [5.74, 6) is 0. The first-order valence-corrected chi connectivity index (χ1v) is 7.36. The van der Waals surface area contributed by atoms with E-state index in [9.17, 15) is 4.79 Å². The zero-order valence-electron chi connectivity index (χ0n) is 13.2. The lowest BCUT2D eigenvalue weighted by atomic mass is 9.90. The Balaban J connectivity index is 2.01. The van der Waals surface area contributed by atoms with Gasteiger partial charge in [-0.3, -0.25) is 10.2 Å². The van der Waals surface area contributed by atoms with Crippen LogP contribution in [0.15, 0.2) is 42.1 Å². The van der Waals surface area contributed by atoms with Crippen molar-refractivity contribution in [1.29, 1.82) is 0 Å². The summed E-state index contributed by atoms with van der Waals surface area (Å²) in [4.78, 5) is 20.7. The van der Waals surface area contributed by atoms with Crippen molar-refractivity contribution in [2.75, 3.05) is 5.32 Å². The van der Waals surface area contributed by atoms with E-state index in [4.69, 9.17) is 16.4 Å². The first kappa shape index (κ1) is 17.0. The monoisotopic (exact) mass is 335 g/mol. The smallest absolute Gasteiger partial charge is 0.298 e. The number of oxime groups is 1. The molecule has 0 spiro atoms. The molecule has 23 heavy (non-hydrogen) atoms. The van der Waals surface area contributed by atoms with Crippen LogP contribution in [0.5, 0.6) is 0 Å². The summed E-state index contributed by atoms with van der Waals surface area (Å²) in [6, 6.07) is 6.69. The Morgan fingerprint density at radius 2 is 2.04 bits per heavy atom. The summed E-state index contributed by atoms with van der Waals surface area (Å²) in [6.07, 6.45) is 2.34. The lowest BCUT2D eigenvalue weighted by molar-refractivity contribution is 0.164. The minimum atomic E-state index is -0.673. The van der Waals surface area contributed by atoms with Crippen molar-refractivity contribution in [2.24, 2.45) is 10.6 Å². The molecule has 1 amide bonds. The van der Waals surface area contributed by atoms with Gasteiger partial charge in [0.05, 0.1) is 12.3 Å². The fourth-order valence-corrected chi connectivity index (χ4v) is 1.77. The van der Waals surface area contributed by atoms with Gasteiger partial charge < -0.3 is 0 Å². The van der Waals surface area contributed by atoms with E-state index in [0.29, 0.717) is 23.0 Å². The molecule has 1 aromatic heterocycles. The second-order valence-electron chi connectivity index (χ2n) is 5.89. The molecular formula is C15H18ClN5O2. The summed E-state index contributed by atoms with van der Waals surface area (Å²) in [5, 5.41) is 11.2. The molecule has 0 atom stereocenters. The van der Waals surface area contributed by atoms with Crippen molar-refractivity contribution >= 4 is 29.1 Å². The van der Waals surface area contributed by atoms with Crippen LogP contribution < -0.4 is 5.32 Å². The number of carbonyl (C=O) groups excluding carboxylic acids is 1. The van der Waals surface area contributed by atoms with Gasteiger partial charge >= 0.3 is 6.09 Å². The Hall–Kier alpha value is -2.41. The maximum absolute atomic E-state index is 11.8. The van der Waals surface area contributed by atoms with Crippen LogP contribution in [0.1, 0.15) is 20.8 Å². The number of halogens is 1. The van der Waals surface area contributed by atoms with E-state index in [1.807, 2.05) is 20.8 Å². The van der Waals surface area contributed by atoms with Crippen LogP contribution in [0.25, 0.3) is 0 Å². The van der Waals surface area contributed by atoms with Crippen LogP contribution in [-0.2, 0) is 11.4 Å². The number of benzene rings is 1. The highest BCUT2D eigenvalue weighted by molar-refractivity contribution is 6.30. The third-order valence-corrected chi connectivity index (χ3v) is 3.23. The number of hydrogen-bond acceptors (Lipinski definition) is 5. The fourth-order valence-electron chi connectivity index (χ4n) is 1.64. The lowest BCUT2D eigenvalue weighted by Crippen LogP contribution is -2.27.